The third-order valence-corrected chi connectivity index (χ3v) is 0.589. The minimum absolute atomic E-state index is 1.64. The van der Waals surface area contributed by atoms with E-state index in [9.17, 15) is 0 Å². The van der Waals surface area contributed by atoms with Gasteiger partial charge in [-0.25, -0.2) is 0 Å². The summed E-state index contributed by atoms with van der Waals surface area (Å²) in [5.74, 6) is 0. The fraction of sp³-hybridized carbons (Fsp3) is 0.200. The van der Waals surface area contributed by atoms with Gasteiger partial charge in [-0.05, 0) is 13.0 Å². The summed E-state index contributed by atoms with van der Waals surface area (Å²) in [5, 5.41) is 0. The highest BCUT2D eigenvalue weighted by Crippen LogP contribution is 1.72. The Balaban J connectivity index is 3.09. The monoisotopic (exact) mass is 117 g/mol. The van der Waals surface area contributed by atoms with E-state index in [1.54, 1.807) is 6.20 Å². The van der Waals surface area contributed by atoms with Gasteiger partial charge in [-0.1, -0.05) is 12.2 Å². The van der Waals surface area contributed by atoms with Crippen LogP contribution in [0.25, 0.3) is 0 Å². The Kier molecular flexibility index (Phi) is 5.23. The Bertz CT molecular complexity index is 76.1. The third kappa shape index (κ3) is 5.57. The van der Waals surface area contributed by atoms with E-state index in [-0.39, 0.29) is 0 Å². The molecule has 0 saturated heterocycles. The summed E-state index contributed by atoms with van der Waals surface area (Å²) in [6.45, 7) is 1.94. The maximum absolute atomic E-state index is 5.07. The van der Waals surface area contributed by atoms with E-state index in [2.05, 4.69) is 4.84 Å². The molecule has 0 fully saturated rings. The second-order valence-electron chi connectivity index (χ2n) is 0.994. The van der Waals surface area contributed by atoms with Crippen LogP contribution in [0.1, 0.15) is 6.92 Å². The molecule has 0 amide bonds. The Morgan fingerprint density at radius 2 is 2.14 bits per heavy atom. The molecule has 0 spiro atoms. The van der Waals surface area contributed by atoms with Crippen molar-refractivity contribution in [3.8, 4) is 0 Å². The summed E-state index contributed by atoms with van der Waals surface area (Å²) in [6.07, 6.45) is 7.26. The molecule has 0 radical (unpaired) electrons. The summed E-state index contributed by atoms with van der Waals surface area (Å²) >= 11 is 5.07. The molecule has 0 aromatic carbocycles. The normalized spacial score (nSPS) is 11.1. The molecular formula is C5H8ClN. The summed E-state index contributed by atoms with van der Waals surface area (Å²) < 4.78 is 0. The minimum Gasteiger partial charge on any atom is -0.306 e. The molecule has 0 aliphatic rings. The van der Waals surface area contributed by atoms with Gasteiger partial charge in [0.15, 0.2) is 0 Å². The van der Waals surface area contributed by atoms with Crippen LogP contribution in [0.3, 0.4) is 0 Å². The van der Waals surface area contributed by atoms with Crippen LogP contribution in [0.15, 0.2) is 24.4 Å². The molecule has 0 bridgehead atoms. The number of halogens is 1. The standard InChI is InChI=1S/C5H8ClN/c1-2-3-4-5-7-6/h2-5,7H,1H3/b3-2-,5-4-. The van der Waals surface area contributed by atoms with Gasteiger partial charge in [0, 0.05) is 18.0 Å². The lowest BCUT2D eigenvalue weighted by Gasteiger charge is -1.74. The number of hydrogen-bond donors (Lipinski definition) is 1. The first-order valence-corrected chi connectivity index (χ1v) is 2.43. The Labute approximate surface area is 48.8 Å². The van der Waals surface area contributed by atoms with Crippen molar-refractivity contribution in [2.75, 3.05) is 0 Å². The largest absolute Gasteiger partial charge is 0.306 e. The van der Waals surface area contributed by atoms with Gasteiger partial charge >= 0.3 is 0 Å². The lowest BCUT2D eigenvalue weighted by atomic mass is 10.5. The molecule has 0 aromatic rings. The Morgan fingerprint density at radius 1 is 1.43 bits per heavy atom. The summed E-state index contributed by atoms with van der Waals surface area (Å²) in [4.78, 5) is 2.34. The van der Waals surface area contributed by atoms with Crippen molar-refractivity contribution in [1.82, 2.24) is 4.84 Å². The van der Waals surface area contributed by atoms with Crippen molar-refractivity contribution in [3.05, 3.63) is 24.4 Å². The van der Waals surface area contributed by atoms with E-state index in [1.165, 1.54) is 0 Å². The van der Waals surface area contributed by atoms with Gasteiger partial charge in [-0.2, -0.15) is 0 Å². The Morgan fingerprint density at radius 3 is 2.57 bits per heavy atom. The molecule has 0 unspecified atom stereocenters. The predicted octanol–water partition coefficient (Wildman–Crippen LogP) is 1.82. The van der Waals surface area contributed by atoms with Crippen molar-refractivity contribution in [3.63, 3.8) is 0 Å². The maximum Gasteiger partial charge on any atom is 0.0128 e. The molecule has 1 nitrogen and oxygen atoms in total. The molecular weight excluding hydrogens is 110 g/mol. The highest BCUT2D eigenvalue weighted by atomic mass is 35.5. The van der Waals surface area contributed by atoms with Crippen molar-refractivity contribution < 1.29 is 0 Å². The summed E-state index contributed by atoms with van der Waals surface area (Å²) in [7, 11) is 0. The minimum atomic E-state index is 1.64. The smallest absolute Gasteiger partial charge is 0.0128 e. The van der Waals surface area contributed by atoms with Crippen LogP contribution >= 0.6 is 11.8 Å². The fourth-order valence-electron chi connectivity index (χ4n) is 0.203. The molecule has 1 N–H and O–H groups in total. The fourth-order valence-corrected chi connectivity index (χ4v) is 0.276. The number of allylic oxidation sites excluding steroid dienone is 3. The Hall–Kier alpha value is -0.430. The topological polar surface area (TPSA) is 12.0 Å². The van der Waals surface area contributed by atoms with E-state index < -0.39 is 0 Å². The first-order chi connectivity index (χ1) is 3.41. The number of nitrogens with one attached hydrogen (secondary N) is 1. The van der Waals surface area contributed by atoms with Gasteiger partial charge in [0.25, 0.3) is 0 Å². The van der Waals surface area contributed by atoms with E-state index in [0.29, 0.717) is 0 Å². The van der Waals surface area contributed by atoms with E-state index in [1.807, 2.05) is 25.2 Å². The number of rotatable bonds is 2. The second kappa shape index (κ2) is 5.57. The zero-order valence-corrected chi connectivity index (χ0v) is 4.94. The van der Waals surface area contributed by atoms with Crippen LogP contribution < -0.4 is 4.84 Å². The average molecular weight is 118 g/mol. The van der Waals surface area contributed by atoms with Crippen molar-refractivity contribution >= 4 is 11.8 Å². The molecule has 7 heavy (non-hydrogen) atoms. The van der Waals surface area contributed by atoms with Crippen LogP contribution in [-0.2, 0) is 0 Å². The highest BCUT2D eigenvalue weighted by Gasteiger charge is 1.55. The van der Waals surface area contributed by atoms with Crippen molar-refractivity contribution in [1.29, 1.82) is 0 Å². The van der Waals surface area contributed by atoms with Gasteiger partial charge in [-0.15, -0.1) is 0 Å². The van der Waals surface area contributed by atoms with Gasteiger partial charge in [0.2, 0.25) is 0 Å². The molecule has 40 valence electrons. The van der Waals surface area contributed by atoms with Crippen LogP contribution in [0, 0.1) is 0 Å². The quantitative estimate of drug-likeness (QED) is 0.430. The van der Waals surface area contributed by atoms with Gasteiger partial charge in [0.1, 0.15) is 0 Å². The lowest BCUT2D eigenvalue weighted by molar-refractivity contribution is 1.39. The zero-order chi connectivity index (χ0) is 5.54. The first kappa shape index (κ1) is 6.57. The molecule has 0 atom stereocenters. The van der Waals surface area contributed by atoms with Crippen molar-refractivity contribution in [2.24, 2.45) is 0 Å². The molecule has 0 aliphatic heterocycles. The predicted molar refractivity (Wildman–Crippen MR) is 32.9 cm³/mol. The number of hydrogen-bond acceptors (Lipinski definition) is 1. The van der Waals surface area contributed by atoms with E-state index in [0.717, 1.165) is 0 Å². The van der Waals surface area contributed by atoms with Gasteiger partial charge in [0.05, 0.1) is 0 Å². The summed E-state index contributed by atoms with van der Waals surface area (Å²) in [6, 6.07) is 0. The zero-order valence-electron chi connectivity index (χ0n) is 4.19. The molecule has 0 saturated carbocycles. The lowest BCUT2D eigenvalue weighted by Crippen LogP contribution is -1.77. The van der Waals surface area contributed by atoms with Gasteiger partial charge < -0.3 is 4.84 Å². The molecule has 0 rings (SSSR count). The SMILES string of the molecule is C/C=C\C=C/NCl. The van der Waals surface area contributed by atoms with Crippen LogP contribution in [-0.4, -0.2) is 0 Å². The van der Waals surface area contributed by atoms with Crippen LogP contribution in [0.5, 0.6) is 0 Å². The molecule has 0 aliphatic carbocycles. The summed E-state index contributed by atoms with van der Waals surface area (Å²) in [5.41, 5.74) is 0. The van der Waals surface area contributed by atoms with E-state index >= 15 is 0 Å². The second-order valence-corrected chi connectivity index (χ2v) is 1.21. The maximum atomic E-state index is 5.07. The van der Waals surface area contributed by atoms with E-state index in [4.69, 9.17) is 11.8 Å². The molecule has 2 heteroatoms. The molecule has 0 heterocycles. The van der Waals surface area contributed by atoms with Crippen LogP contribution in [0.4, 0.5) is 0 Å². The first-order valence-electron chi connectivity index (χ1n) is 2.06. The van der Waals surface area contributed by atoms with Crippen molar-refractivity contribution in [2.45, 2.75) is 6.92 Å². The highest BCUT2D eigenvalue weighted by molar-refractivity contribution is 6.14. The molecule has 0 aromatic heterocycles. The van der Waals surface area contributed by atoms with Crippen LogP contribution in [0.2, 0.25) is 0 Å². The third-order valence-electron chi connectivity index (χ3n) is 0.463. The van der Waals surface area contributed by atoms with Gasteiger partial charge in [-0.3, -0.25) is 0 Å². The average Bonchev–Trinajstić information content (AvgIpc) is 1.69.